The molecule has 0 saturated carbocycles. The number of aliphatic hydroxyl groups is 1. The molecule has 0 bridgehead atoms. The first-order valence-electron chi connectivity index (χ1n) is 11.0. The van der Waals surface area contributed by atoms with Crippen LogP contribution in [0.25, 0.3) is 5.76 Å². The molecular formula is C26H31NO5. The van der Waals surface area contributed by atoms with Gasteiger partial charge in [0.15, 0.2) is 0 Å². The lowest BCUT2D eigenvalue weighted by Gasteiger charge is -2.27. The smallest absolute Gasteiger partial charge is 0.295 e. The molecule has 6 heteroatoms. The number of methoxy groups -OCH3 is 2. The number of hydrogen-bond acceptors (Lipinski definition) is 5. The fraction of sp³-hybridized carbons (Fsp3) is 0.385. The van der Waals surface area contributed by atoms with Gasteiger partial charge in [0, 0.05) is 23.7 Å². The standard InChI is InChI=1S/C26H31NO5/c1-5-6-7-8-15-27-23(20-14-13-19(31-3)16-21(20)32-4)22(25(29)26(27)30)24(28)18-11-9-17(2)10-12-18/h9-14,16,23,28H,5-8,15H2,1-4H3/t23-/m0/s1. The van der Waals surface area contributed by atoms with E-state index >= 15 is 0 Å². The largest absolute Gasteiger partial charge is 0.507 e. The summed E-state index contributed by atoms with van der Waals surface area (Å²) in [5.74, 6) is -0.365. The van der Waals surface area contributed by atoms with Crippen molar-refractivity contribution in [3.63, 3.8) is 0 Å². The maximum absolute atomic E-state index is 13.1. The van der Waals surface area contributed by atoms with E-state index in [1.165, 1.54) is 7.11 Å². The van der Waals surface area contributed by atoms with Crippen LogP contribution < -0.4 is 9.47 Å². The first-order valence-corrected chi connectivity index (χ1v) is 11.0. The molecular weight excluding hydrogens is 406 g/mol. The van der Waals surface area contributed by atoms with E-state index < -0.39 is 17.7 Å². The van der Waals surface area contributed by atoms with E-state index in [2.05, 4.69) is 6.92 Å². The van der Waals surface area contributed by atoms with E-state index in [9.17, 15) is 14.7 Å². The number of nitrogens with zero attached hydrogens (tertiary/aromatic N) is 1. The van der Waals surface area contributed by atoms with Gasteiger partial charge in [-0.15, -0.1) is 0 Å². The summed E-state index contributed by atoms with van der Waals surface area (Å²) in [4.78, 5) is 27.7. The summed E-state index contributed by atoms with van der Waals surface area (Å²) in [7, 11) is 3.09. The summed E-state index contributed by atoms with van der Waals surface area (Å²) < 4.78 is 10.9. The van der Waals surface area contributed by atoms with Crippen LogP contribution in [0.1, 0.15) is 55.3 Å². The Labute approximate surface area is 189 Å². The number of carbonyl (C=O) groups excluding carboxylic acids is 2. The second-order valence-electron chi connectivity index (χ2n) is 8.03. The van der Waals surface area contributed by atoms with E-state index in [1.807, 2.05) is 19.1 Å². The summed E-state index contributed by atoms with van der Waals surface area (Å²) in [5, 5.41) is 11.1. The van der Waals surface area contributed by atoms with E-state index in [4.69, 9.17) is 9.47 Å². The van der Waals surface area contributed by atoms with Crippen molar-refractivity contribution in [1.29, 1.82) is 0 Å². The highest BCUT2D eigenvalue weighted by molar-refractivity contribution is 6.46. The van der Waals surface area contributed by atoms with E-state index in [-0.39, 0.29) is 11.3 Å². The fourth-order valence-corrected chi connectivity index (χ4v) is 4.05. The molecule has 0 spiro atoms. The molecule has 1 atom stereocenters. The number of ketones is 1. The SMILES string of the molecule is CCCCCCN1C(=O)C(=O)C(=C(O)c2ccc(C)cc2)[C@@H]1c1ccc(OC)cc1OC. The Kier molecular flexibility index (Phi) is 7.57. The van der Waals surface area contributed by atoms with E-state index in [0.29, 0.717) is 29.2 Å². The number of rotatable bonds is 9. The predicted molar refractivity (Wildman–Crippen MR) is 124 cm³/mol. The molecule has 2 aromatic carbocycles. The van der Waals surface area contributed by atoms with Gasteiger partial charge in [-0.1, -0.05) is 56.0 Å². The Morgan fingerprint density at radius 3 is 2.34 bits per heavy atom. The first-order chi connectivity index (χ1) is 15.4. The third-order valence-electron chi connectivity index (χ3n) is 5.85. The molecule has 1 amide bonds. The molecule has 0 aromatic heterocycles. The van der Waals surface area contributed by atoms with Crippen molar-refractivity contribution in [2.75, 3.05) is 20.8 Å². The van der Waals surface area contributed by atoms with Crippen molar-refractivity contribution in [1.82, 2.24) is 4.90 Å². The van der Waals surface area contributed by atoms with Crippen LogP contribution in [0.15, 0.2) is 48.0 Å². The molecule has 0 aliphatic carbocycles. The number of benzene rings is 2. The van der Waals surface area contributed by atoms with Crippen LogP contribution in [0.3, 0.4) is 0 Å². The Morgan fingerprint density at radius 2 is 1.72 bits per heavy atom. The summed E-state index contributed by atoms with van der Waals surface area (Å²) >= 11 is 0. The monoisotopic (exact) mass is 437 g/mol. The average Bonchev–Trinajstić information content (AvgIpc) is 3.06. The lowest BCUT2D eigenvalue weighted by molar-refractivity contribution is -0.139. The van der Waals surface area contributed by atoms with Crippen molar-refractivity contribution in [2.45, 2.75) is 45.6 Å². The zero-order valence-corrected chi connectivity index (χ0v) is 19.2. The number of aryl methyl sites for hydroxylation is 1. The Balaban J connectivity index is 2.14. The number of likely N-dealkylation sites (tertiary alicyclic amines) is 1. The number of unbranched alkanes of at least 4 members (excludes halogenated alkanes) is 3. The third-order valence-corrected chi connectivity index (χ3v) is 5.85. The van der Waals surface area contributed by atoms with Crippen LogP contribution in [-0.4, -0.2) is 42.5 Å². The van der Waals surface area contributed by atoms with Gasteiger partial charge in [-0.2, -0.15) is 0 Å². The van der Waals surface area contributed by atoms with Gasteiger partial charge in [0.1, 0.15) is 17.3 Å². The van der Waals surface area contributed by atoms with Gasteiger partial charge in [-0.3, -0.25) is 9.59 Å². The number of amides is 1. The number of Topliss-reactive ketones (excluding diaryl/α,β-unsaturated/α-hetero) is 1. The molecule has 1 heterocycles. The lowest BCUT2D eigenvalue weighted by atomic mass is 9.94. The minimum atomic E-state index is -0.737. The molecule has 1 fully saturated rings. The predicted octanol–water partition coefficient (Wildman–Crippen LogP) is 5.01. The summed E-state index contributed by atoms with van der Waals surface area (Å²) in [5.41, 5.74) is 2.25. The second-order valence-corrected chi connectivity index (χ2v) is 8.03. The van der Waals surface area contributed by atoms with Crippen molar-refractivity contribution < 1.29 is 24.2 Å². The van der Waals surface area contributed by atoms with Crippen LogP contribution in [0.2, 0.25) is 0 Å². The molecule has 0 radical (unpaired) electrons. The van der Waals surface area contributed by atoms with Gasteiger partial charge in [0.2, 0.25) is 0 Å². The van der Waals surface area contributed by atoms with Crippen LogP contribution in [0, 0.1) is 6.92 Å². The summed E-state index contributed by atoms with van der Waals surface area (Å²) in [6.45, 7) is 4.49. The molecule has 1 saturated heterocycles. The molecule has 1 aliphatic heterocycles. The fourth-order valence-electron chi connectivity index (χ4n) is 4.05. The molecule has 1 N–H and O–H groups in total. The second kappa shape index (κ2) is 10.4. The Bertz CT molecular complexity index is 1010. The Morgan fingerprint density at radius 1 is 1.00 bits per heavy atom. The number of carbonyl (C=O) groups is 2. The third kappa shape index (κ3) is 4.64. The summed E-state index contributed by atoms with van der Waals surface area (Å²) in [6, 6.07) is 11.8. The molecule has 170 valence electrons. The molecule has 2 aromatic rings. The van der Waals surface area contributed by atoms with Crippen LogP contribution in [0.4, 0.5) is 0 Å². The van der Waals surface area contributed by atoms with Gasteiger partial charge in [-0.05, 0) is 25.5 Å². The quantitative estimate of drug-likeness (QED) is 0.258. The zero-order valence-electron chi connectivity index (χ0n) is 19.2. The van der Waals surface area contributed by atoms with Crippen molar-refractivity contribution >= 4 is 17.4 Å². The maximum atomic E-state index is 13.1. The molecule has 1 aliphatic rings. The van der Waals surface area contributed by atoms with Crippen LogP contribution >= 0.6 is 0 Å². The molecule has 3 rings (SSSR count). The van der Waals surface area contributed by atoms with Gasteiger partial charge < -0.3 is 19.5 Å². The van der Waals surface area contributed by atoms with Gasteiger partial charge in [0.25, 0.3) is 11.7 Å². The highest BCUT2D eigenvalue weighted by atomic mass is 16.5. The Hall–Kier alpha value is -3.28. The average molecular weight is 438 g/mol. The lowest BCUT2D eigenvalue weighted by Crippen LogP contribution is -2.30. The van der Waals surface area contributed by atoms with Crippen molar-refractivity contribution in [3.8, 4) is 11.5 Å². The first kappa shape index (κ1) is 23.4. The van der Waals surface area contributed by atoms with Crippen molar-refractivity contribution in [3.05, 3.63) is 64.7 Å². The molecule has 6 nitrogen and oxygen atoms in total. The van der Waals surface area contributed by atoms with E-state index in [0.717, 1.165) is 31.2 Å². The molecule has 0 unspecified atom stereocenters. The van der Waals surface area contributed by atoms with Gasteiger partial charge in [0.05, 0.1) is 25.8 Å². The van der Waals surface area contributed by atoms with Crippen LogP contribution in [0.5, 0.6) is 11.5 Å². The highest BCUT2D eigenvalue weighted by Gasteiger charge is 2.46. The van der Waals surface area contributed by atoms with Gasteiger partial charge in [-0.25, -0.2) is 0 Å². The number of aliphatic hydroxyl groups excluding tert-OH is 1. The van der Waals surface area contributed by atoms with Gasteiger partial charge >= 0.3 is 0 Å². The van der Waals surface area contributed by atoms with Crippen molar-refractivity contribution in [2.24, 2.45) is 0 Å². The normalized spacial score (nSPS) is 17.6. The topological polar surface area (TPSA) is 76.1 Å². The number of ether oxygens (including phenoxy) is 2. The molecule has 32 heavy (non-hydrogen) atoms. The van der Waals surface area contributed by atoms with Crippen LogP contribution in [-0.2, 0) is 9.59 Å². The minimum absolute atomic E-state index is 0.0813. The van der Waals surface area contributed by atoms with E-state index in [1.54, 1.807) is 42.3 Å². The number of hydrogen-bond donors (Lipinski definition) is 1. The zero-order chi connectivity index (χ0) is 23.3. The minimum Gasteiger partial charge on any atom is -0.507 e. The highest BCUT2D eigenvalue weighted by Crippen LogP contribution is 2.43. The maximum Gasteiger partial charge on any atom is 0.295 e. The summed E-state index contributed by atoms with van der Waals surface area (Å²) in [6.07, 6.45) is 3.87.